The van der Waals surface area contributed by atoms with Gasteiger partial charge >= 0.3 is 6.09 Å². The second kappa shape index (κ2) is 7.38. The van der Waals surface area contributed by atoms with Gasteiger partial charge in [-0.05, 0) is 25.2 Å². The lowest BCUT2D eigenvalue weighted by molar-refractivity contribution is -0.119. The summed E-state index contributed by atoms with van der Waals surface area (Å²) in [5.74, 6) is -0.216. The molecule has 0 spiro atoms. The van der Waals surface area contributed by atoms with Crippen molar-refractivity contribution in [2.45, 2.75) is 6.92 Å². The number of anilines is 2. The van der Waals surface area contributed by atoms with Gasteiger partial charge in [-0.15, -0.1) is 0 Å². The first-order valence-corrected chi connectivity index (χ1v) is 5.97. The Morgan fingerprint density at radius 1 is 1.26 bits per heavy atom. The molecule has 0 heterocycles. The van der Waals surface area contributed by atoms with E-state index in [1.807, 2.05) is 6.92 Å². The average molecular weight is 265 g/mol. The molecule has 0 bridgehead atoms. The average Bonchev–Trinajstić information content (AvgIpc) is 2.39. The molecule has 0 aliphatic heterocycles. The molecule has 0 saturated carbocycles. The summed E-state index contributed by atoms with van der Waals surface area (Å²) in [6.07, 6.45) is -0.549. The van der Waals surface area contributed by atoms with E-state index in [9.17, 15) is 9.59 Å². The van der Waals surface area contributed by atoms with Crippen molar-refractivity contribution >= 4 is 23.4 Å². The van der Waals surface area contributed by atoms with Crippen LogP contribution in [0.5, 0.6) is 0 Å². The molecule has 0 aliphatic rings. The fourth-order valence-electron chi connectivity index (χ4n) is 1.51. The molecular weight excluding hydrogens is 246 g/mol. The molecule has 2 amide bonds. The van der Waals surface area contributed by atoms with Gasteiger partial charge in [0, 0.05) is 23.8 Å². The van der Waals surface area contributed by atoms with Crippen LogP contribution in [-0.2, 0) is 9.53 Å². The summed E-state index contributed by atoms with van der Waals surface area (Å²) >= 11 is 0. The number of nitrogens with one attached hydrogen (secondary N) is 3. The van der Waals surface area contributed by atoms with E-state index < -0.39 is 6.09 Å². The van der Waals surface area contributed by atoms with E-state index in [2.05, 4.69) is 20.7 Å². The molecule has 0 fully saturated rings. The number of carbonyl (C=O) groups is 2. The number of hydrogen-bond donors (Lipinski definition) is 3. The zero-order chi connectivity index (χ0) is 14.3. The standard InChI is InChI=1S/C13H19N3O3/c1-9(8-14-2)12(17)15-10-5-4-6-11(7-10)16-13(18)19-3/h4-7,9,14H,8H2,1-3H3,(H,15,17)(H,16,18). The highest BCUT2D eigenvalue weighted by molar-refractivity contribution is 5.93. The fourth-order valence-corrected chi connectivity index (χ4v) is 1.51. The third-order valence-corrected chi connectivity index (χ3v) is 2.52. The van der Waals surface area contributed by atoms with Gasteiger partial charge < -0.3 is 15.4 Å². The van der Waals surface area contributed by atoms with Crippen molar-refractivity contribution in [3.8, 4) is 0 Å². The molecule has 1 atom stereocenters. The van der Waals surface area contributed by atoms with Crippen molar-refractivity contribution in [1.29, 1.82) is 0 Å². The Labute approximate surface area is 112 Å². The number of ether oxygens (including phenoxy) is 1. The molecule has 19 heavy (non-hydrogen) atoms. The van der Waals surface area contributed by atoms with E-state index in [-0.39, 0.29) is 11.8 Å². The highest BCUT2D eigenvalue weighted by Crippen LogP contribution is 2.16. The number of benzene rings is 1. The van der Waals surface area contributed by atoms with Crippen molar-refractivity contribution < 1.29 is 14.3 Å². The number of methoxy groups -OCH3 is 1. The second-order valence-corrected chi connectivity index (χ2v) is 4.15. The summed E-state index contributed by atoms with van der Waals surface area (Å²) in [6, 6.07) is 6.88. The van der Waals surface area contributed by atoms with Crippen molar-refractivity contribution in [2.75, 3.05) is 31.3 Å². The fraction of sp³-hybridized carbons (Fsp3) is 0.385. The van der Waals surface area contributed by atoms with Gasteiger partial charge in [0.1, 0.15) is 0 Å². The minimum atomic E-state index is -0.549. The number of amides is 2. The van der Waals surface area contributed by atoms with E-state index in [0.717, 1.165) is 0 Å². The lowest BCUT2D eigenvalue weighted by atomic mass is 10.1. The van der Waals surface area contributed by atoms with Gasteiger partial charge in [0.25, 0.3) is 0 Å². The first kappa shape index (κ1) is 15.0. The van der Waals surface area contributed by atoms with Crippen LogP contribution in [0.2, 0.25) is 0 Å². The molecule has 1 aromatic rings. The molecule has 1 aromatic carbocycles. The molecule has 6 heteroatoms. The van der Waals surface area contributed by atoms with E-state index in [4.69, 9.17) is 0 Å². The van der Waals surface area contributed by atoms with Crippen molar-refractivity contribution in [3.63, 3.8) is 0 Å². The Hall–Kier alpha value is -2.08. The van der Waals surface area contributed by atoms with Crippen LogP contribution in [0.25, 0.3) is 0 Å². The molecule has 0 aliphatic carbocycles. The van der Waals surface area contributed by atoms with Gasteiger partial charge in [-0.25, -0.2) is 4.79 Å². The quantitative estimate of drug-likeness (QED) is 0.756. The van der Waals surface area contributed by atoms with Crippen molar-refractivity contribution in [1.82, 2.24) is 5.32 Å². The monoisotopic (exact) mass is 265 g/mol. The molecule has 1 rings (SSSR count). The van der Waals surface area contributed by atoms with Gasteiger partial charge in [-0.1, -0.05) is 13.0 Å². The summed E-state index contributed by atoms with van der Waals surface area (Å²) < 4.78 is 4.50. The van der Waals surface area contributed by atoms with E-state index in [1.165, 1.54) is 7.11 Å². The number of rotatable bonds is 5. The molecule has 6 nitrogen and oxygen atoms in total. The molecule has 0 saturated heterocycles. The first-order chi connectivity index (χ1) is 9.06. The highest BCUT2D eigenvalue weighted by atomic mass is 16.5. The van der Waals surface area contributed by atoms with Gasteiger partial charge in [0.15, 0.2) is 0 Å². The van der Waals surface area contributed by atoms with Crippen LogP contribution >= 0.6 is 0 Å². The molecular formula is C13H19N3O3. The lowest BCUT2D eigenvalue weighted by Crippen LogP contribution is -2.28. The predicted molar refractivity (Wildman–Crippen MR) is 74.2 cm³/mol. The van der Waals surface area contributed by atoms with Gasteiger partial charge in [0.2, 0.25) is 5.91 Å². The summed E-state index contributed by atoms with van der Waals surface area (Å²) in [5, 5.41) is 8.27. The maximum atomic E-state index is 11.8. The van der Waals surface area contributed by atoms with E-state index >= 15 is 0 Å². The number of hydrogen-bond acceptors (Lipinski definition) is 4. The van der Waals surface area contributed by atoms with Gasteiger partial charge in [-0.2, -0.15) is 0 Å². The maximum absolute atomic E-state index is 11.8. The molecule has 1 unspecified atom stereocenters. The summed E-state index contributed by atoms with van der Waals surface area (Å²) in [7, 11) is 3.09. The smallest absolute Gasteiger partial charge is 0.411 e. The normalized spacial score (nSPS) is 11.5. The lowest BCUT2D eigenvalue weighted by Gasteiger charge is -2.12. The summed E-state index contributed by atoms with van der Waals surface area (Å²) in [5.41, 5.74) is 1.19. The largest absolute Gasteiger partial charge is 0.453 e. The third-order valence-electron chi connectivity index (χ3n) is 2.52. The SMILES string of the molecule is CNCC(C)C(=O)Nc1cccc(NC(=O)OC)c1. The van der Waals surface area contributed by atoms with Crippen LogP contribution in [0.15, 0.2) is 24.3 Å². The van der Waals surface area contributed by atoms with Crippen molar-refractivity contribution in [3.05, 3.63) is 24.3 Å². The second-order valence-electron chi connectivity index (χ2n) is 4.15. The van der Waals surface area contributed by atoms with E-state index in [0.29, 0.717) is 17.9 Å². The van der Waals surface area contributed by atoms with Crippen LogP contribution in [0.4, 0.5) is 16.2 Å². The molecule has 104 valence electrons. The Bertz CT molecular complexity index is 449. The Balaban J connectivity index is 2.66. The van der Waals surface area contributed by atoms with Gasteiger partial charge in [-0.3, -0.25) is 10.1 Å². The van der Waals surface area contributed by atoms with Gasteiger partial charge in [0.05, 0.1) is 7.11 Å². The predicted octanol–water partition coefficient (Wildman–Crippen LogP) is 1.66. The third kappa shape index (κ3) is 4.97. The number of carbonyl (C=O) groups excluding carboxylic acids is 2. The Morgan fingerprint density at radius 3 is 2.47 bits per heavy atom. The summed E-state index contributed by atoms with van der Waals surface area (Å²) in [6.45, 7) is 2.44. The Morgan fingerprint density at radius 2 is 1.89 bits per heavy atom. The first-order valence-electron chi connectivity index (χ1n) is 5.97. The van der Waals surface area contributed by atoms with E-state index in [1.54, 1.807) is 31.3 Å². The topological polar surface area (TPSA) is 79.5 Å². The summed E-state index contributed by atoms with van der Waals surface area (Å²) in [4.78, 5) is 22.9. The van der Waals surface area contributed by atoms with Crippen LogP contribution in [0.3, 0.4) is 0 Å². The Kier molecular flexibility index (Phi) is 5.81. The minimum absolute atomic E-state index is 0.0791. The highest BCUT2D eigenvalue weighted by Gasteiger charge is 2.12. The minimum Gasteiger partial charge on any atom is -0.453 e. The molecule has 0 aromatic heterocycles. The zero-order valence-electron chi connectivity index (χ0n) is 11.3. The zero-order valence-corrected chi connectivity index (χ0v) is 11.3. The molecule has 0 radical (unpaired) electrons. The molecule has 3 N–H and O–H groups in total. The van der Waals surface area contributed by atoms with Crippen LogP contribution in [0.1, 0.15) is 6.92 Å². The van der Waals surface area contributed by atoms with Crippen LogP contribution in [-0.4, -0.2) is 32.7 Å². The maximum Gasteiger partial charge on any atom is 0.411 e. The van der Waals surface area contributed by atoms with Crippen LogP contribution in [0, 0.1) is 5.92 Å². The van der Waals surface area contributed by atoms with Crippen molar-refractivity contribution in [2.24, 2.45) is 5.92 Å². The van der Waals surface area contributed by atoms with Crippen LogP contribution < -0.4 is 16.0 Å².